The molecule has 0 aliphatic carbocycles. The molecule has 38 heavy (non-hydrogen) atoms. The van der Waals surface area contributed by atoms with Crippen LogP contribution < -0.4 is 4.74 Å². The Kier molecular flexibility index (Phi) is 7.34. The van der Waals surface area contributed by atoms with E-state index in [0.29, 0.717) is 36.0 Å². The SMILES string of the molecule is COC(=O)[C@@H]1C(=S)N(C)C=C[C@H]1CC1(c2c(C=O)c3ccccc3n2Cc2ccc(OC)cc2)OCCO1. The van der Waals surface area contributed by atoms with Crippen LogP contribution >= 0.6 is 12.2 Å². The Hall–Kier alpha value is -3.53. The van der Waals surface area contributed by atoms with Crippen molar-refractivity contribution in [3.63, 3.8) is 0 Å². The maximum absolute atomic E-state index is 12.8. The fraction of sp³-hybridized carbons (Fsp3) is 0.345. The molecular weight excluding hydrogens is 504 g/mol. The summed E-state index contributed by atoms with van der Waals surface area (Å²) in [4.78, 5) is 27.7. The molecule has 2 aliphatic heterocycles. The number of aromatic nitrogens is 1. The van der Waals surface area contributed by atoms with Gasteiger partial charge in [0.15, 0.2) is 6.29 Å². The molecule has 0 saturated carbocycles. The van der Waals surface area contributed by atoms with Crippen LogP contribution in [0.1, 0.15) is 28.0 Å². The second-order valence-electron chi connectivity index (χ2n) is 9.44. The van der Waals surface area contributed by atoms with Crippen LogP contribution in [0.25, 0.3) is 10.9 Å². The number of benzene rings is 2. The van der Waals surface area contributed by atoms with E-state index in [1.165, 1.54) is 7.11 Å². The van der Waals surface area contributed by atoms with Crippen LogP contribution in [-0.2, 0) is 31.3 Å². The van der Waals surface area contributed by atoms with Gasteiger partial charge in [-0.1, -0.05) is 48.6 Å². The van der Waals surface area contributed by atoms with E-state index in [-0.39, 0.29) is 12.3 Å². The molecule has 1 fully saturated rings. The molecule has 5 rings (SSSR count). The van der Waals surface area contributed by atoms with Crippen molar-refractivity contribution in [2.45, 2.75) is 18.8 Å². The summed E-state index contributed by atoms with van der Waals surface area (Å²) in [6.07, 6.45) is 4.92. The minimum atomic E-state index is -1.27. The Bertz CT molecular complexity index is 1390. The van der Waals surface area contributed by atoms with Crippen molar-refractivity contribution in [3.8, 4) is 5.75 Å². The Balaban J connectivity index is 1.66. The monoisotopic (exact) mass is 534 g/mol. The zero-order valence-electron chi connectivity index (χ0n) is 21.6. The van der Waals surface area contributed by atoms with Gasteiger partial charge >= 0.3 is 5.97 Å². The molecule has 2 aromatic carbocycles. The van der Waals surface area contributed by atoms with Gasteiger partial charge in [-0.2, -0.15) is 0 Å². The van der Waals surface area contributed by atoms with E-state index in [1.54, 1.807) is 19.1 Å². The predicted molar refractivity (Wildman–Crippen MR) is 146 cm³/mol. The largest absolute Gasteiger partial charge is 0.497 e. The molecule has 3 aromatic rings. The smallest absolute Gasteiger partial charge is 0.316 e. The van der Waals surface area contributed by atoms with E-state index in [0.717, 1.165) is 28.5 Å². The van der Waals surface area contributed by atoms with Crippen molar-refractivity contribution in [3.05, 3.63) is 77.6 Å². The molecule has 2 atom stereocenters. The van der Waals surface area contributed by atoms with Crippen LogP contribution in [0.4, 0.5) is 0 Å². The summed E-state index contributed by atoms with van der Waals surface area (Å²) in [5, 5.41) is 0.809. The maximum Gasteiger partial charge on any atom is 0.316 e. The van der Waals surface area contributed by atoms with Crippen LogP contribution in [-0.4, -0.2) is 61.2 Å². The van der Waals surface area contributed by atoms with E-state index in [9.17, 15) is 9.59 Å². The van der Waals surface area contributed by atoms with Crippen LogP contribution in [0.15, 0.2) is 60.8 Å². The standard InChI is InChI=1S/C29H30N2O6S/c1-30-13-12-20(25(27(30)38)28(33)35-3)16-29(36-14-15-37-29)26-23(18-32)22-6-4-5-7-24(22)31(26)17-19-8-10-21(34-2)11-9-19/h4-13,18,20,25H,14-17H2,1-3H3/t20-,25-/m0/s1. The Labute approximate surface area is 226 Å². The number of para-hydroxylation sites is 1. The van der Waals surface area contributed by atoms with Gasteiger partial charge in [0.2, 0.25) is 5.79 Å². The number of thiocarbonyl (C=S) groups is 1. The van der Waals surface area contributed by atoms with Crippen LogP contribution in [0.2, 0.25) is 0 Å². The third-order valence-electron chi connectivity index (χ3n) is 7.30. The first-order valence-electron chi connectivity index (χ1n) is 12.4. The number of hydrogen-bond acceptors (Lipinski definition) is 7. The highest BCUT2D eigenvalue weighted by Gasteiger charge is 2.49. The summed E-state index contributed by atoms with van der Waals surface area (Å²) < 4.78 is 25.3. The number of hydrogen-bond donors (Lipinski definition) is 0. The lowest BCUT2D eigenvalue weighted by Crippen LogP contribution is -2.44. The molecule has 3 heterocycles. The van der Waals surface area contributed by atoms with Crippen LogP contribution in [0, 0.1) is 11.8 Å². The van der Waals surface area contributed by atoms with Gasteiger partial charge in [0.05, 0.1) is 38.1 Å². The van der Waals surface area contributed by atoms with E-state index in [1.807, 2.05) is 60.8 Å². The van der Waals surface area contributed by atoms with Gasteiger partial charge in [-0.15, -0.1) is 0 Å². The highest BCUT2D eigenvalue weighted by atomic mass is 32.1. The molecule has 8 nitrogen and oxygen atoms in total. The van der Waals surface area contributed by atoms with Gasteiger partial charge in [-0.3, -0.25) is 9.59 Å². The number of aldehydes is 1. The molecule has 198 valence electrons. The molecule has 0 bridgehead atoms. The lowest BCUT2D eigenvalue weighted by molar-refractivity contribution is -0.184. The minimum Gasteiger partial charge on any atom is -0.497 e. The fourth-order valence-corrected chi connectivity index (χ4v) is 5.80. The van der Waals surface area contributed by atoms with Crippen molar-refractivity contribution in [1.29, 1.82) is 0 Å². The number of esters is 1. The Morgan fingerprint density at radius 2 is 1.84 bits per heavy atom. The van der Waals surface area contributed by atoms with Crippen molar-refractivity contribution in [1.82, 2.24) is 9.47 Å². The molecule has 0 amide bonds. The molecule has 1 aromatic heterocycles. The molecule has 0 unspecified atom stereocenters. The Morgan fingerprint density at radius 3 is 2.50 bits per heavy atom. The number of methoxy groups -OCH3 is 2. The molecule has 2 aliphatic rings. The zero-order valence-corrected chi connectivity index (χ0v) is 22.4. The highest BCUT2D eigenvalue weighted by Crippen LogP contribution is 2.45. The third kappa shape index (κ3) is 4.51. The van der Waals surface area contributed by atoms with E-state index < -0.39 is 17.7 Å². The maximum atomic E-state index is 12.8. The summed E-state index contributed by atoms with van der Waals surface area (Å²) in [7, 11) is 4.79. The van der Waals surface area contributed by atoms with Gasteiger partial charge in [0, 0.05) is 48.6 Å². The van der Waals surface area contributed by atoms with Gasteiger partial charge in [-0.25, -0.2) is 0 Å². The number of carbonyl (C=O) groups excluding carboxylic acids is 2. The minimum absolute atomic E-state index is 0.275. The first kappa shape index (κ1) is 26.1. The Morgan fingerprint density at radius 1 is 1.13 bits per heavy atom. The number of rotatable bonds is 8. The summed E-state index contributed by atoms with van der Waals surface area (Å²) in [5.74, 6) is -1.98. The van der Waals surface area contributed by atoms with Crippen LogP contribution in [0.5, 0.6) is 5.75 Å². The lowest BCUT2D eigenvalue weighted by Gasteiger charge is -2.37. The number of allylic oxidation sites excluding steroid dienone is 1. The molecule has 1 saturated heterocycles. The molecule has 0 spiro atoms. The van der Waals surface area contributed by atoms with Crippen molar-refractivity contribution in [2.75, 3.05) is 34.5 Å². The van der Waals surface area contributed by atoms with Crippen molar-refractivity contribution >= 4 is 40.4 Å². The predicted octanol–water partition coefficient (Wildman–Crippen LogP) is 4.29. The average molecular weight is 535 g/mol. The molecule has 9 heteroatoms. The molecular formula is C29H30N2O6S. The van der Waals surface area contributed by atoms with Crippen molar-refractivity contribution < 1.29 is 28.5 Å². The van der Waals surface area contributed by atoms with Gasteiger partial charge < -0.3 is 28.4 Å². The van der Waals surface area contributed by atoms with Gasteiger partial charge in [-0.05, 0) is 23.8 Å². The quantitative estimate of drug-likeness (QED) is 0.241. The average Bonchev–Trinajstić information content (AvgIpc) is 3.54. The third-order valence-corrected chi connectivity index (χ3v) is 7.84. The summed E-state index contributed by atoms with van der Waals surface area (Å²) in [5.41, 5.74) is 3.04. The summed E-state index contributed by atoms with van der Waals surface area (Å²) >= 11 is 5.62. The first-order valence-corrected chi connectivity index (χ1v) is 12.8. The summed E-state index contributed by atoms with van der Waals surface area (Å²) in [6.45, 7) is 1.18. The summed E-state index contributed by atoms with van der Waals surface area (Å²) in [6, 6.07) is 15.6. The number of fused-ring (bicyclic) bond motifs is 1. The lowest BCUT2D eigenvalue weighted by atomic mass is 9.82. The van der Waals surface area contributed by atoms with E-state index >= 15 is 0 Å². The number of nitrogens with zero attached hydrogens (tertiary/aromatic N) is 2. The van der Waals surface area contributed by atoms with Crippen molar-refractivity contribution in [2.24, 2.45) is 11.8 Å². The fourth-order valence-electron chi connectivity index (χ4n) is 5.47. The second kappa shape index (κ2) is 10.7. The topological polar surface area (TPSA) is 79.2 Å². The zero-order chi connectivity index (χ0) is 26.9. The number of ether oxygens (including phenoxy) is 4. The number of carbonyl (C=O) groups is 2. The van der Waals surface area contributed by atoms with Gasteiger partial charge in [0.25, 0.3) is 0 Å². The van der Waals surface area contributed by atoms with Crippen LogP contribution in [0.3, 0.4) is 0 Å². The van der Waals surface area contributed by atoms with E-state index in [4.69, 9.17) is 31.2 Å². The normalized spacial score (nSPS) is 20.6. The van der Waals surface area contributed by atoms with Gasteiger partial charge in [0.1, 0.15) is 11.7 Å². The van der Waals surface area contributed by atoms with E-state index in [2.05, 4.69) is 4.57 Å². The molecule has 0 radical (unpaired) electrons. The molecule has 0 N–H and O–H groups in total. The highest BCUT2D eigenvalue weighted by molar-refractivity contribution is 7.80. The first-order chi connectivity index (χ1) is 18.4. The second-order valence-corrected chi connectivity index (χ2v) is 9.86.